The van der Waals surface area contributed by atoms with Crippen LogP contribution >= 0.6 is 23.1 Å². The van der Waals surface area contributed by atoms with Crippen molar-refractivity contribution in [3.05, 3.63) is 53.0 Å². The third-order valence-electron chi connectivity index (χ3n) is 4.12. The molecule has 3 aromatic heterocycles. The fourth-order valence-electron chi connectivity index (χ4n) is 2.79. The Labute approximate surface area is 159 Å². The number of furan rings is 1. The van der Waals surface area contributed by atoms with Gasteiger partial charge in [0, 0.05) is 16.8 Å². The Hall–Kier alpha value is -2.38. The number of para-hydroxylation sites is 1. The Morgan fingerprint density at radius 2 is 2.12 bits per heavy atom. The maximum atomic E-state index is 12.6. The van der Waals surface area contributed by atoms with E-state index in [2.05, 4.69) is 16.0 Å². The molecule has 0 radical (unpaired) electrons. The first-order valence-electron chi connectivity index (χ1n) is 8.31. The number of rotatable bonds is 6. The topological polar surface area (TPSA) is 59.2 Å². The zero-order valence-corrected chi connectivity index (χ0v) is 15.8. The van der Waals surface area contributed by atoms with Gasteiger partial charge in [0.1, 0.15) is 22.5 Å². The van der Waals surface area contributed by atoms with Crippen molar-refractivity contribution < 1.29 is 9.21 Å². The van der Waals surface area contributed by atoms with E-state index in [4.69, 9.17) is 4.42 Å². The average molecular weight is 383 g/mol. The number of thiophene rings is 1. The van der Waals surface area contributed by atoms with Crippen molar-refractivity contribution in [1.29, 1.82) is 0 Å². The van der Waals surface area contributed by atoms with Crippen LogP contribution in [0.1, 0.15) is 11.8 Å². The zero-order valence-electron chi connectivity index (χ0n) is 14.2. The van der Waals surface area contributed by atoms with Crippen molar-refractivity contribution in [2.45, 2.75) is 18.5 Å². The molecule has 26 heavy (non-hydrogen) atoms. The lowest BCUT2D eigenvalue weighted by atomic mass is 10.2. The number of carbonyl (C=O) groups is 1. The highest BCUT2D eigenvalue weighted by Gasteiger charge is 2.17. The van der Waals surface area contributed by atoms with Gasteiger partial charge in [-0.1, -0.05) is 30.0 Å². The van der Waals surface area contributed by atoms with E-state index in [0.717, 1.165) is 16.5 Å². The van der Waals surface area contributed by atoms with Gasteiger partial charge in [-0.3, -0.25) is 4.79 Å². The minimum absolute atomic E-state index is 0.0915. The van der Waals surface area contributed by atoms with Crippen molar-refractivity contribution in [2.24, 2.45) is 0 Å². The van der Waals surface area contributed by atoms with Gasteiger partial charge < -0.3 is 9.32 Å². The van der Waals surface area contributed by atoms with E-state index in [-0.39, 0.29) is 5.91 Å². The second-order valence-electron chi connectivity index (χ2n) is 5.73. The molecule has 0 aliphatic rings. The molecule has 1 aromatic carbocycles. The van der Waals surface area contributed by atoms with Crippen molar-refractivity contribution >= 4 is 51.1 Å². The third kappa shape index (κ3) is 3.32. The quantitative estimate of drug-likeness (QED) is 0.360. The van der Waals surface area contributed by atoms with E-state index in [9.17, 15) is 4.79 Å². The van der Waals surface area contributed by atoms with E-state index in [1.54, 1.807) is 11.3 Å². The summed E-state index contributed by atoms with van der Waals surface area (Å²) in [6, 6.07) is 11.8. The highest BCUT2D eigenvalue weighted by atomic mass is 32.2. The molecule has 4 aromatic rings. The summed E-state index contributed by atoms with van der Waals surface area (Å²) in [5.74, 6) is 0.413. The molecule has 0 aliphatic carbocycles. The predicted octanol–water partition coefficient (Wildman–Crippen LogP) is 4.58. The van der Waals surface area contributed by atoms with Crippen LogP contribution in [0.2, 0.25) is 0 Å². The van der Waals surface area contributed by atoms with Crippen LogP contribution in [0.25, 0.3) is 22.1 Å². The molecule has 0 aliphatic heterocycles. The lowest BCUT2D eigenvalue weighted by Crippen LogP contribution is -2.31. The van der Waals surface area contributed by atoms with Crippen molar-refractivity contribution in [1.82, 2.24) is 14.9 Å². The zero-order chi connectivity index (χ0) is 17.9. The Morgan fingerprint density at radius 1 is 1.23 bits per heavy atom. The van der Waals surface area contributed by atoms with Gasteiger partial charge in [-0.05, 0) is 30.5 Å². The van der Waals surface area contributed by atoms with Crippen LogP contribution in [0.15, 0.2) is 57.5 Å². The molecular weight excluding hydrogens is 366 g/mol. The number of carbonyl (C=O) groups excluding carboxylic acids is 1. The summed E-state index contributed by atoms with van der Waals surface area (Å²) in [7, 11) is 0. The van der Waals surface area contributed by atoms with Crippen LogP contribution in [0, 0.1) is 0 Å². The standard InChI is InChI=1S/C19H17N3O2S2/c1-2-22(10-13-6-5-9-25-13)16(23)11-26-19-18-17(20-12-21-19)14-7-3-4-8-15(14)24-18/h3-9,12H,2,10-11H2,1H3. The van der Waals surface area contributed by atoms with E-state index < -0.39 is 0 Å². The molecule has 5 nitrogen and oxygen atoms in total. The summed E-state index contributed by atoms with van der Waals surface area (Å²) >= 11 is 3.06. The third-order valence-corrected chi connectivity index (χ3v) is 5.94. The van der Waals surface area contributed by atoms with Crippen molar-refractivity contribution in [2.75, 3.05) is 12.3 Å². The second kappa shape index (κ2) is 7.47. The molecule has 0 saturated carbocycles. The maximum absolute atomic E-state index is 12.6. The molecule has 0 N–H and O–H groups in total. The summed E-state index contributed by atoms with van der Waals surface area (Å²) in [6.45, 7) is 3.33. The fraction of sp³-hybridized carbons (Fsp3) is 0.211. The molecule has 4 rings (SSSR count). The van der Waals surface area contributed by atoms with Gasteiger partial charge in [0.25, 0.3) is 0 Å². The highest BCUT2D eigenvalue weighted by molar-refractivity contribution is 8.00. The van der Waals surface area contributed by atoms with Crippen LogP contribution in [0.4, 0.5) is 0 Å². The van der Waals surface area contributed by atoms with Gasteiger partial charge >= 0.3 is 0 Å². The minimum atomic E-state index is 0.0915. The number of fused-ring (bicyclic) bond motifs is 3. The van der Waals surface area contributed by atoms with Crippen LogP contribution in [0.3, 0.4) is 0 Å². The summed E-state index contributed by atoms with van der Waals surface area (Å²) in [4.78, 5) is 24.3. The lowest BCUT2D eigenvalue weighted by Gasteiger charge is -2.19. The van der Waals surface area contributed by atoms with Gasteiger partial charge in [0.2, 0.25) is 5.91 Å². The van der Waals surface area contributed by atoms with Gasteiger partial charge in [-0.15, -0.1) is 11.3 Å². The van der Waals surface area contributed by atoms with Crippen molar-refractivity contribution in [3.63, 3.8) is 0 Å². The minimum Gasteiger partial charge on any atom is -0.451 e. The molecule has 0 unspecified atom stereocenters. The SMILES string of the molecule is CCN(Cc1cccs1)C(=O)CSc1ncnc2c1oc1ccccc12. The van der Waals surface area contributed by atoms with Crippen LogP contribution in [0.5, 0.6) is 0 Å². The van der Waals surface area contributed by atoms with E-state index in [1.807, 2.05) is 47.5 Å². The van der Waals surface area contributed by atoms with Crippen molar-refractivity contribution in [3.8, 4) is 0 Å². The van der Waals surface area contributed by atoms with E-state index in [1.165, 1.54) is 23.0 Å². The van der Waals surface area contributed by atoms with E-state index in [0.29, 0.717) is 29.5 Å². The van der Waals surface area contributed by atoms with Gasteiger partial charge in [0.05, 0.1) is 12.3 Å². The van der Waals surface area contributed by atoms with E-state index >= 15 is 0 Å². The molecule has 0 bridgehead atoms. The number of hydrogen-bond acceptors (Lipinski definition) is 6. The van der Waals surface area contributed by atoms with Gasteiger partial charge in [0.15, 0.2) is 5.58 Å². The summed E-state index contributed by atoms with van der Waals surface area (Å²) < 4.78 is 5.92. The lowest BCUT2D eigenvalue weighted by molar-refractivity contribution is -0.128. The van der Waals surface area contributed by atoms with Crippen LogP contribution in [-0.4, -0.2) is 33.1 Å². The monoisotopic (exact) mass is 383 g/mol. The Kier molecular flexibility index (Phi) is 4.90. The number of nitrogens with zero attached hydrogens (tertiary/aromatic N) is 3. The Balaban J connectivity index is 1.53. The van der Waals surface area contributed by atoms with Crippen LogP contribution in [-0.2, 0) is 11.3 Å². The second-order valence-corrected chi connectivity index (χ2v) is 7.73. The first kappa shape index (κ1) is 17.1. The molecular formula is C19H17N3O2S2. The number of benzene rings is 1. The fourth-order valence-corrected chi connectivity index (χ4v) is 4.35. The average Bonchev–Trinajstić information content (AvgIpc) is 3.31. The number of thioether (sulfide) groups is 1. The first-order valence-corrected chi connectivity index (χ1v) is 10.2. The highest BCUT2D eigenvalue weighted by Crippen LogP contribution is 2.32. The molecule has 1 amide bonds. The maximum Gasteiger partial charge on any atom is 0.233 e. The van der Waals surface area contributed by atoms with Crippen LogP contribution < -0.4 is 0 Å². The van der Waals surface area contributed by atoms with Gasteiger partial charge in [-0.25, -0.2) is 9.97 Å². The largest absolute Gasteiger partial charge is 0.451 e. The normalized spacial score (nSPS) is 11.3. The first-order chi connectivity index (χ1) is 12.8. The number of hydrogen-bond donors (Lipinski definition) is 0. The Bertz CT molecular complexity index is 1040. The summed E-state index contributed by atoms with van der Waals surface area (Å²) in [6.07, 6.45) is 1.53. The molecule has 0 fully saturated rings. The molecule has 0 saturated heterocycles. The number of aromatic nitrogens is 2. The molecule has 0 spiro atoms. The summed E-state index contributed by atoms with van der Waals surface area (Å²) in [5, 5.41) is 3.69. The molecule has 132 valence electrons. The number of amides is 1. The molecule has 7 heteroatoms. The Morgan fingerprint density at radius 3 is 2.92 bits per heavy atom. The summed E-state index contributed by atoms with van der Waals surface area (Å²) in [5.41, 5.74) is 2.22. The molecule has 0 atom stereocenters. The molecule has 3 heterocycles. The van der Waals surface area contributed by atoms with Gasteiger partial charge in [-0.2, -0.15) is 0 Å². The smallest absolute Gasteiger partial charge is 0.233 e. The predicted molar refractivity (Wildman–Crippen MR) is 105 cm³/mol.